The van der Waals surface area contributed by atoms with Crippen molar-refractivity contribution in [2.45, 2.75) is 19.5 Å². The summed E-state index contributed by atoms with van der Waals surface area (Å²) in [6, 6.07) is 15.0. The largest absolute Gasteiger partial charge is 0.454 e. The number of rotatable bonds is 6. The Labute approximate surface area is 178 Å². The zero-order chi connectivity index (χ0) is 20.8. The number of hydrogen-bond acceptors (Lipinski definition) is 5. The van der Waals surface area contributed by atoms with E-state index in [2.05, 4.69) is 51.7 Å². The Balaban J connectivity index is 1.38. The second kappa shape index (κ2) is 9.82. The first-order chi connectivity index (χ1) is 14.7. The van der Waals surface area contributed by atoms with Gasteiger partial charge >= 0.3 is 0 Å². The van der Waals surface area contributed by atoms with E-state index in [1.807, 2.05) is 18.2 Å². The van der Waals surface area contributed by atoms with Crippen molar-refractivity contribution >= 4 is 5.96 Å². The summed E-state index contributed by atoms with van der Waals surface area (Å²) in [5.41, 5.74) is 3.71. The lowest BCUT2D eigenvalue weighted by molar-refractivity contribution is 0.0170. The van der Waals surface area contributed by atoms with Crippen molar-refractivity contribution in [1.82, 2.24) is 15.5 Å². The van der Waals surface area contributed by atoms with Crippen molar-refractivity contribution in [2.24, 2.45) is 4.99 Å². The summed E-state index contributed by atoms with van der Waals surface area (Å²) in [5.74, 6) is 2.37. The number of hydrogen-bond donors (Lipinski definition) is 2. The molecule has 30 heavy (non-hydrogen) atoms. The highest BCUT2D eigenvalue weighted by Gasteiger charge is 2.23. The summed E-state index contributed by atoms with van der Waals surface area (Å²) >= 11 is 0. The van der Waals surface area contributed by atoms with Gasteiger partial charge in [-0.1, -0.05) is 35.9 Å². The van der Waals surface area contributed by atoms with E-state index in [9.17, 15) is 0 Å². The van der Waals surface area contributed by atoms with Crippen molar-refractivity contribution in [3.8, 4) is 11.5 Å². The molecule has 0 amide bonds. The van der Waals surface area contributed by atoms with Gasteiger partial charge in [0.05, 0.1) is 19.3 Å². The summed E-state index contributed by atoms with van der Waals surface area (Å²) in [4.78, 5) is 6.88. The third-order valence-corrected chi connectivity index (χ3v) is 5.50. The van der Waals surface area contributed by atoms with Crippen LogP contribution in [0.2, 0.25) is 0 Å². The number of fused-ring (bicyclic) bond motifs is 1. The van der Waals surface area contributed by atoms with Crippen LogP contribution in [0.1, 0.15) is 22.7 Å². The van der Waals surface area contributed by atoms with E-state index in [4.69, 9.17) is 14.2 Å². The summed E-state index contributed by atoms with van der Waals surface area (Å²) in [7, 11) is 1.80. The molecule has 1 saturated heterocycles. The molecule has 0 spiro atoms. The van der Waals surface area contributed by atoms with Crippen molar-refractivity contribution < 1.29 is 14.2 Å². The molecule has 0 bridgehead atoms. The highest BCUT2D eigenvalue weighted by atomic mass is 16.7. The van der Waals surface area contributed by atoms with Crippen molar-refractivity contribution in [3.63, 3.8) is 0 Å². The number of benzene rings is 2. The summed E-state index contributed by atoms with van der Waals surface area (Å²) in [6.45, 7) is 7.27. The molecule has 0 saturated carbocycles. The maximum Gasteiger partial charge on any atom is 0.231 e. The second-order valence-corrected chi connectivity index (χ2v) is 7.57. The Morgan fingerprint density at radius 2 is 1.90 bits per heavy atom. The number of aliphatic imine (C=N–C) groups is 1. The lowest BCUT2D eigenvalue weighted by Gasteiger charge is -2.35. The second-order valence-electron chi connectivity index (χ2n) is 7.57. The maximum atomic E-state index is 5.56. The topological polar surface area (TPSA) is 67.4 Å². The highest BCUT2D eigenvalue weighted by Crippen LogP contribution is 2.32. The fraction of sp³-hybridized carbons (Fsp3) is 0.435. The third kappa shape index (κ3) is 5.04. The Kier molecular flexibility index (Phi) is 6.71. The number of morpholine rings is 1. The minimum Gasteiger partial charge on any atom is -0.454 e. The van der Waals surface area contributed by atoms with Gasteiger partial charge < -0.3 is 24.8 Å². The Bertz CT molecular complexity index is 881. The van der Waals surface area contributed by atoms with E-state index in [0.29, 0.717) is 6.54 Å². The standard InChI is InChI=1S/C23H30N4O3/c1-17-4-3-5-19(12-17)20(27-8-10-28-11-9-27)15-26-23(24-2)25-14-18-6-7-21-22(13-18)30-16-29-21/h3-7,12-13,20H,8-11,14-16H2,1-2H3,(H2,24,25,26). The van der Waals surface area contributed by atoms with Crippen LogP contribution in [-0.2, 0) is 11.3 Å². The van der Waals surface area contributed by atoms with E-state index < -0.39 is 0 Å². The Morgan fingerprint density at radius 3 is 2.70 bits per heavy atom. The van der Waals surface area contributed by atoms with E-state index in [-0.39, 0.29) is 12.8 Å². The fourth-order valence-corrected chi connectivity index (χ4v) is 3.87. The van der Waals surface area contributed by atoms with E-state index in [1.165, 1.54) is 11.1 Å². The molecule has 0 radical (unpaired) electrons. The van der Waals surface area contributed by atoms with Crippen molar-refractivity contribution in [3.05, 3.63) is 59.2 Å². The molecule has 0 aliphatic carbocycles. The van der Waals surface area contributed by atoms with Crippen LogP contribution in [-0.4, -0.2) is 57.5 Å². The van der Waals surface area contributed by atoms with Crippen LogP contribution in [0.4, 0.5) is 0 Å². The first kappa shape index (κ1) is 20.5. The smallest absolute Gasteiger partial charge is 0.231 e. The van der Waals surface area contributed by atoms with Gasteiger partial charge in [0.15, 0.2) is 17.5 Å². The highest BCUT2D eigenvalue weighted by molar-refractivity contribution is 5.79. The van der Waals surface area contributed by atoms with Crippen LogP contribution in [0.5, 0.6) is 11.5 Å². The molecule has 2 heterocycles. The summed E-state index contributed by atoms with van der Waals surface area (Å²) in [5, 5.41) is 6.91. The van der Waals surface area contributed by atoms with Crippen LogP contribution in [0.15, 0.2) is 47.5 Å². The minimum atomic E-state index is 0.262. The first-order valence-electron chi connectivity index (χ1n) is 10.4. The van der Waals surface area contributed by atoms with E-state index in [1.54, 1.807) is 7.05 Å². The van der Waals surface area contributed by atoms with Gasteiger partial charge in [0.1, 0.15) is 0 Å². The van der Waals surface area contributed by atoms with Crippen molar-refractivity contribution in [1.29, 1.82) is 0 Å². The number of nitrogens with zero attached hydrogens (tertiary/aromatic N) is 2. The minimum absolute atomic E-state index is 0.262. The van der Waals surface area contributed by atoms with Gasteiger partial charge in [-0.25, -0.2) is 0 Å². The van der Waals surface area contributed by atoms with Crippen molar-refractivity contribution in [2.75, 3.05) is 46.7 Å². The number of ether oxygens (including phenoxy) is 3. The monoisotopic (exact) mass is 410 g/mol. The van der Waals surface area contributed by atoms with Crippen LogP contribution < -0.4 is 20.1 Å². The molecule has 1 fully saturated rings. The molecule has 7 nitrogen and oxygen atoms in total. The van der Waals surface area contributed by atoms with Crippen LogP contribution in [0.3, 0.4) is 0 Å². The predicted molar refractivity (Wildman–Crippen MR) is 117 cm³/mol. The summed E-state index contributed by atoms with van der Waals surface area (Å²) in [6.07, 6.45) is 0. The first-order valence-corrected chi connectivity index (χ1v) is 10.4. The molecule has 1 unspecified atom stereocenters. The van der Waals surface area contributed by atoms with Gasteiger partial charge in [-0.3, -0.25) is 9.89 Å². The van der Waals surface area contributed by atoms with E-state index in [0.717, 1.165) is 55.9 Å². The molecule has 2 aliphatic rings. The molecular weight excluding hydrogens is 380 g/mol. The van der Waals surface area contributed by atoms with Crippen LogP contribution in [0, 0.1) is 6.92 Å². The quantitative estimate of drug-likeness (QED) is 0.563. The molecule has 1 atom stereocenters. The molecule has 7 heteroatoms. The Hall–Kier alpha value is -2.77. The molecular formula is C23H30N4O3. The lowest BCUT2D eigenvalue weighted by atomic mass is 10.0. The molecule has 2 aromatic carbocycles. The molecule has 2 N–H and O–H groups in total. The van der Waals surface area contributed by atoms with Crippen LogP contribution >= 0.6 is 0 Å². The third-order valence-electron chi connectivity index (χ3n) is 5.50. The van der Waals surface area contributed by atoms with Crippen LogP contribution in [0.25, 0.3) is 0 Å². The maximum absolute atomic E-state index is 5.56. The molecule has 4 rings (SSSR count). The predicted octanol–water partition coefficient (Wildman–Crippen LogP) is 2.46. The average molecular weight is 411 g/mol. The van der Waals surface area contributed by atoms with Gasteiger partial charge in [0.25, 0.3) is 0 Å². The number of guanidine groups is 1. The molecule has 2 aromatic rings. The number of aryl methyl sites for hydroxylation is 1. The fourth-order valence-electron chi connectivity index (χ4n) is 3.87. The van der Waals surface area contributed by atoms with E-state index >= 15 is 0 Å². The van der Waals surface area contributed by atoms with Gasteiger partial charge in [-0.2, -0.15) is 0 Å². The van der Waals surface area contributed by atoms with Gasteiger partial charge in [-0.05, 0) is 30.2 Å². The summed E-state index contributed by atoms with van der Waals surface area (Å²) < 4.78 is 16.4. The number of nitrogens with one attached hydrogen (secondary N) is 2. The normalized spacial score (nSPS) is 17.6. The zero-order valence-electron chi connectivity index (χ0n) is 17.7. The Morgan fingerprint density at radius 1 is 1.07 bits per heavy atom. The molecule has 160 valence electrons. The van der Waals surface area contributed by atoms with Gasteiger partial charge in [0, 0.05) is 33.2 Å². The SMILES string of the molecule is CN=C(NCc1ccc2c(c1)OCO2)NCC(c1cccc(C)c1)N1CCOCC1. The van der Waals surface area contributed by atoms with Gasteiger partial charge in [0.2, 0.25) is 6.79 Å². The molecule has 2 aliphatic heterocycles. The van der Waals surface area contributed by atoms with Gasteiger partial charge in [-0.15, -0.1) is 0 Å². The lowest BCUT2D eigenvalue weighted by Crippen LogP contribution is -2.46. The zero-order valence-corrected chi connectivity index (χ0v) is 17.7. The molecule has 0 aromatic heterocycles. The average Bonchev–Trinajstić information content (AvgIpc) is 3.25.